The molecule has 3 nitrogen and oxygen atoms in total. The van der Waals surface area contributed by atoms with Crippen molar-refractivity contribution in [2.24, 2.45) is 5.41 Å². The molecular weight excluding hydrogens is 192 g/mol. The Labute approximate surface area is 92.4 Å². The zero-order chi connectivity index (χ0) is 11.5. The quantitative estimate of drug-likeness (QED) is 0.675. The molecule has 0 spiro atoms. The molecule has 1 fully saturated rings. The van der Waals surface area contributed by atoms with Crippen LogP contribution >= 0.6 is 0 Å². The van der Waals surface area contributed by atoms with Crippen molar-refractivity contribution in [3.8, 4) is 0 Å². The fourth-order valence-corrected chi connectivity index (χ4v) is 2.35. The van der Waals surface area contributed by atoms with E-state index in [4.69, 9.17) is 14.2 Å². The third-order valence-electron chi connectivity index (χ3n) is 3.25. The fraction of sp³-hybridized carbons (Fsp3) is 0.833. The predicted octanol–water partition coefficient (Wildman–Crippen LogP) is 2.37. The summed E-state index contributed by atoms with van der Waals surface area (Å²) in [5.41, 5.74) is 1.34. The van der Waals surface area contributed by atoms with Crippen molar-refractivity contribution >= 4 is 0 Å². The molecule has 1 aliphatic carbocycles. The van der Waals surface area contributed by atoms with Gasteiger partial charge in [-0.25, -0.2) is 0 Å². The van der Waals surface area contributed by atoms with Gasteiger partial charge in [0.25, 0.3) is 0 Å². The lowest BCUT2D eigenvalue weighted by Gasteiger charge is -2.43. The Morgan fingerprint density at radius 2 is 1.87 bits per heavy atom. The van der Waals surface area contributed by atoms with Crippen LogP contribution in [0, 0.1) is 5.41 Å². The molecular formula is C12H22O3. The second-order valence-corrected chi connectivity index (χ2v) is 4.73. The minimum Gasteiger partial charge on any atom is -0.504 e. The van der Waals surface area contributed by atoms with Crippen molar-refractivity contribution in [1.82, 2.24) is 0 Å². The Morgan fingerprint density at radius 3 is 2.33 bits per heavy atom. The van der Waals surface area contributed by atoms with Crippen molar-refractivity contribution in [1.29, 1.82) is 0 Å². The first-order valence-corrected chi connectivity index (χ1v) is 5.34. The van der Waals surface area contributed by atoms with Crippen LogP contribution in [0.25, 0.3) is 0 Å². The van der Waals surface area contributed by atoms with E-state index in [1.165, 1.54) is 5.57 Å². The fourth-order valence-electron chi connectivity index (χ4n) is 2.35. The van der Waals surface area contributed by atoms with Gasteiger partial charge in [0.2, 0.25) is 0 Å². The van der Waals surface area contributed by atoms with Gasteiger partial charge >= 0.3 is 0 Å². The molecule has 0 aromatic rings. The predicted molar refractivity (Wildman–Crippen MR) is 59.7 cm³/mol. The zero-order valence-electron chi connectivity index (χ0n) is 10.4. The summed E-state index contributed by atoms with van der Waals surface area (Å²) in [6, 6.07) is 0. The molecule has 3 heteroatoms. The van der Waals surface area contributed by atoms with Crippen molar-refractivity contribution in [2.45, 2.75) is 38.9 Å². The molecule has 0 N–H and O–H groups in total. The van der Waals surface area contributed by atoms with Crippen molar-refractivity contribution in [3.63, 3.8) is 0 Å². The Bertz CT molecular complexity index is 233. The van der Waals surface area contributed by atoms with Gasteiger partial charge in [0, 0.05) is 14.2 Å². The smallest absolute Gasteiger partial charge is 0.108 e. The molecule has 0 bridgehead atoms. The highest BCUT2D eigenvalue weighted by Gasteiger charge is 2.42. The Hall–Kier alpha value is -0.540. The molecule has 0 aliphatic heterocycles. The molecule has 0 radical (unpaired) electrons. The molecule has 2 unspecified atom stereocenters. The lowest BCUT2D eigenvalue weighted by atomic mass is 9.71. The molecule has 88 valence electrons. The first-order valence-electron chi connectivity index (χ1n) is 5.34. The minimum atomic E-state index is 0.0127. The lowest BCUT2D eigenvalue weighted by Crippen LogP contribution is -2.46. The van der Waals surface area contributed by atoms with E-state index in [1.54, 1.807) is 27.6 Å². The van der Waals surface area contributed by atoms with E-state index in [0.29, 0.717) is 0 Å². The average molecular weight is 214 g/mol. The van der Waals surface area contributed by atoms with Crippen LogP contribution in [0.15, 0.2) is 11.8 Å². The van der Waals surface area contributed by atoms with E-state index < -0.39 is 0 Å². The first-order chi connectivity index (χ1) is 7.06. The van der Waals surface area contributed by atoms with E-state index in [1.807, 2.05) is 0 Å². The molecule has 0 saturated heterocycles. The van der Waals surface area contributed by atoms with Crippen LogP contribution in [0.3, 0.4) is 0 Å². The van der Waals surface area contributed by atoms with E-state index in [9.17, 15) is 0 Å². The Balaban J connectivity index is 2.90. The summed E-state index contributed by atoms with van der Waals surface area (Å²) in [7, 11) is 5.14. The second kappa shape index (κ2) is 4.99. The monoisotopic (exact) mass is 214 g/mol. The van der Waals surface area contributed by atoms with Crippen LogP contribution in [-0.4, -0.2) is 33.5 Å². The highest BCUT2D eigenvalue weighted by Crippen LogP contribution is 2.41. The summed E-state index contributed by atoms with van der Waals surface area (Å²) >= 11 is 0. The summed E-state index contributed by atoms with van der Waals surface area (Å²) in [5.74, 6) is 0. The molecule has 1 aliphatic rings. The SMILES string of the molecule is COC=C1CCC(C)(C)C(OC)C1OC. The average Bonchev–Trinajstić information content (AvgIpc) is 2.20. The Morgan fingerprint density at radius 1 is 1.20 bits per heavy atom. The summed E-state index contributed by atoms with van der Waals surface area (Å²) in [5, 5.41) is 0. The van der Waals surface area contributed by atoms with Gasteiger partial charge in [0.1, 0.15) is 6.10 Å². The molecule has 0 amide bonds. The van der Waals surface area contributed by atoms with E-state index in [2.05, 4.69) is 13.8 Å². The molecule has 0 aromatic heterocycles. The highest BCUT2D eigenvalue weighted by molar-refractivity contribution is 5.15. The minimum absolute atomic E-state index is 0.0127. The highest BCUT2D eigenvalue weighted by atomic mass is 16.5. The van der Waals surface area contributed by atoms with Crippen LogP contribution in [0.4, 0.5) is 0 Å². The largest absolute Gasteiger partial charge is 0.504 e. The van der Waals surface area contributed by atoms with Gasteiger partial charge in [0.05, 0.1) is 19.5 Å². The van der Waals surface area contributed by atoms with Crippen LogP contribution in [0.1, 0.15) is 26.7 Å². The van der Waals surface area contributed by atoms with E-state index in [0.717, 1.165) is 12.8 Å². The molecule has 0 heterocycles. The van der Waals surface area contributed by atoms with Gasteiger partial charge in [-0.3, -0.25) is 0 Å². The maximum atomic E-state index is 5.57. The van der Waals surface area contributed by atoms with Gasteiger partial charge in [-0.15, -0.1) is 0 Å². The van der Waals surface area contributed by atoms with E-state index in [-0.39, 0.29) is 17.6 Å². The summed E-state index contributed by atoms with van der Waals surface area (Å²) in [6.07, 6.45) is 4.01. The van der Waals surface area contributed by atoms with Gasteiger partial charge in [-0.1, -0.05) is 13.8 Å². The topological polar surface area (TPSA) is 27.7 Å². The summed E-state index contributed by atoms with van der Waals surface area (Å²) in [6.45, 7) is 4.44. The normalized spacial score (nSPS) is 33.0. The van der Waals surface area contributed by atoms with Crippen LogP contribution in [0.5, 0.6) is 0 Å². The molecule has 15 heavy (non-hydrogen) atoms. The van der Waals surface area contributed by atoms with Crippen LogP contribution in [0.2, 0.25) is 0 Å². The molecule has 2 atom stereocenters. The second-order valence-electron chi connectivity index (χ2n) is 4.73. The van der Waals surface area contributed by atoms with Crippen molar-refractivity contribution in [3.05, 3.63) is 11.8 Å². The molecule has 0 aromatic carbocycles. The number of hydrogen-bond donors (Lipinski definition) is 0. The van der Waals surface area contributed by atoms with Crippen molar-refractivity contribution in [2.75, 3.05) is 21.3 Å². The molecule has 1 saturated carbocycles. The summed E-state index contributed by atoms with van der Waals surface area (Å²) < 4.78 is 16.2. The maximum absolute atomic E-state index is 5.57. The van der Waals surface area contributed by atoms with E-state index >= 15 is 0 Å². The standard InChI is InChI=1S/C12H22O3/c1-12(2)7-6-9(8-13-3)10(14-4)11(12)15-5/h8,10-11H,6-7H2,1-5H3. The van der Waals surface area contributed by atoms with Crippen molar-refractivity contribution < 1.29 is 14.2 Å². The van der Waals surface area contributed by atoms with Crippen LogP contribution < -0.4 is 0 Å². The Kier molecular flexibility index (Phi) is 4.17. The van der Waals surface area contributed by atoms with Gasteiger partial charge in [-0.05, 0) is 23.8 Å². The number of ether oxygens (including phenoxy) is 3. The molecule has 1 rings (SSSR count). The van der Waals surface area contributed by atoms with Gasteiger partial charge in [-0.2, -0.15) is 0 Å². The zero-order valence-corrected chi connectivity index (χ0v) is 10.4. The van der Waals surface area contributed by atoms with Gasteiger partial charge in [0.15, 0.2) is 0 Å². The number of rotatable bonds is 3. The number of hydrogen-bond acceptors (Lipinski definition) is 3. The van der Waals surface area contributed by atoms with Gasteiger partial charge < -0.3 is 14.2 Å². The lowest BCUT2D eigenvalue weighted by molar-refractivity contribution is -0.0953. The number of methoxy groups -OCH3 is 3. The summed E-state index contributed by atoms with van der Waals surface area (Å²) in [4.78, 5) is 0. The third kappa shape index (κ3) is 2.52. The van der Waals surface area contributed by atoms with Crippen LogP contribution in [-0.2, 0) is 14.2 Å². The maximum Gasteiger partial charge on any atom is 0.108 e. The first kappa shape index (κ1) is 12.5. The third-order valence-corrected chi connectivity index (χ3v) is 3.25.